The molecule has 2 N–H and O–H groups in total. The Morgan fingerprint density at radius 3 is 2.29 bits per heavy atom. The van der Waals surface area contributed by atoms with Crippen molar-refractivity contribution in [1.82, 2.24) is 4.94 Å². The summed E-state index contributed by atoms with van der Waals surface area (Å²) in [6.45, 7) is 0. The Morgan fingerprint density at radius 1 is 1.21 bits per heavy atom. The third-order valence-corrected chi connectivity index (χ3v) is 1.89. The highest BCUT2D eigenvalue weighted by atomic mass is 35.5. The number of hydrogen-bond donors (Lipinski definition) is 2. The lowest BCUT2D eigenvalue weighted by molar-refractivity contribution is -0.137. The van der Waals surface area contributed by atoms with Crippen molar-refractivity contribution < 1.29 is 13.2 Å². The van der Waals surface area contributed by atoms with Crippen LogP contribution < -0.4 is 10.4 Å². The standard InChI is InChI=1S/C7H5Cl2F3N2/c8-5-3-4(7(10,11)12)1-2-6(5)13-14-9/h1-3,13-14H. The molecule has 0 amide bonds. The Balaban J connectivity index is 3.01. The smallest absolute Gasteiger partial charge is 0.306 e. The fourth-order valence-corrected chi connectivity index (χ4v) is 1.17. The van der Waals surface area contributed by atoms with E-state index in [-0.39, 0.29) is 10.7 Å². The lowest BCUT2D eigenvalue weighted by Crippen LogP contribution is -2.10. The summed E-state index contributed by atoms with van der Waals surface area (Å²) in [7, 11) is 0. The van der Waals surface area contributed by atoms with Gasteiger partial charge in [0.1, 0.15) is 0 Å². The van der Waals surface area contributed by atoms with E-state index in [4.69, 9.17) is 23.4 Å². The number of alkyl halides is 3. The minimum absolute atomic E-state index is 0.0621. The maximum Gasteiger partial charge on any atom is 0.416 e. The lowest BCUT2D eigenvalue weighted by atomic mass is 10.2. The van der Waals surface area contributed by atoms with E-state index in [9.17, 15) is 13.2 Å². The first-order valence-corrected chi connectivity index (χ1v) is 4.19. The minimum atomic E-state index is -4.39. The average molecular weight is 245 g/mol. The zero-order chi connectivity index (χ0) is 10.8. The van der Waals surface area contributed by atoms with Crippen molar-refractivity contribution in [3.63, 3.8) is 0 Å². The zero-order valence-corrected chi connectivity index (χ0v) is 8.13. The van der Waals surface area contributed by atoms with Crippen molar-refractivity contribution in [1.29, 1.82) is 0 Å². The highest BCUT2D eigenvalue weighted by Crippen LogP contribution is 2.33. The summed E-state index contributed by atoms with van der Waals surface area (Å²) in [5, 5.41) is -0.0621. The Bertz CT molecular complexity index is 327. The summed E-state index contributed by atoms with van der Waals surface area (Å²) < 4.78 is 36.5. The van der Waals surface area contributed by atoms with E-state index in [0.29, 0.717) is 0 Å². The van der Waals surface area contributed by atoms with E-state index in [1.807, 2.05) is 4.94 Å². The molecule has 7 heteroatoms. The van der Waals surface area contributed by atoms with Gasteiger partial charge in [-0.2, -0.15) is 13.2 Å². The molecule has 1 aromatic rings. The summed E-state index contributed by atoms with van der Waals surface area (Å²) in [6, 6.07) is 2.90. The van der Waals surface area contributed by atoms with Gasteiger partial charge in [0.15, 0.2) is 0 Å². The van der Waals surface area contributed by atoms with Gasteiger partial charge in [0, 0.05) is 0 Å². The van der Waals surface area contributed by atoms with Crippen molar-refractivity contribution in [3.8, 4) is 0 Å². The van der Waals surface area contributed by atoms with Gasteiger partial charge in [-0.05, 0) is 30.0 Å². The van der Waals surface area contributed by atoms with Crippen LogP contribution in [-0.4, -0.2) is 0 Å². The van der Waals surface area contributed by atoms with Gasteiger partial charge in [-0.3, -0.25) is 0 Å². The number of benzene rings is 1. The summed E-state index contributed by atoms with van der Waals surface area (Å²) in [6.07, 6.45) is -4.39. The van der Waals surface area contributed by atoms with Gasteiger partial charge < -0.3 is 5.43 Å². The number of hydrogen-bond acceptors (Lipinski definition) is 2. The summed E-state index contributed by atoms with van der Waals surface area (Å²) in [5.41, 5.74) is 1.84. The van der Waals surface area contributed by atoms with Gasteiger partial charge in [-0.25, -0.2) is 0 Å². The van der Waals surface area contributed by atoms with Gasteiger partial charge in [-0.15, -0.1) is 4.94 Å². The predicted molar refractivity (Wildman–Crippen MR) is 49.1 cm³/mol. The minimum Gasteiger partial charge on any atom is -0.306 e. The first kappa shape index (κ1) is 11.4. The van der Waals surface area contributed by atoms with E-state index >= 15 is 0 Å². The van der Waals surface area contributed by atoms with Gasteiger partial charge in [0.2, 0.25) is 0 Å². The first-order chi connectivity index (χ1) is 6.45. The number of hydrazine groups is 1. The molecule has 0 heterocycles. The van der Waals surface area contributed by atoms with E-state index in [2.05, 4.69) is 5.43 Å². The molecule has 0 unspecified atom stereocenters. The van der Waals surface area contributed by atoms with Crippen LogP contribution in [0.5, 0.6) is 0 Å². The summed E-state index contributed by atoms with van der Waals surface area (Å²) >= 11 is 10.6. The van der Waals surface area contributed by atoms with Crippen LogP contribution in [0.4, 0.5) is 18.9 Å². The lowest BCUT2D eigenvalue weighted by Gasteiger charge is -2.09. The van der Waals surface area contributed by atoms with E-state index in [0.717, 1.165) is 12.1 Å². The fraction of sp³-hybridized carbons (Fsp3) is 0.143. The second-order valence-electron chi connectivity index (χ2n) is 2.41. The van der Waals surface area contributed by atoms with Crippen molar-refractivity contribution in [2.75, 3.05) is 5.43 Å². The topological polar surface area (TPSA) is 24.1 Å². The summed E-state index contributed by atoms with van der Waals surface area (Å²) in [4.78, 5) is 2.04. The van der Waals surface area contributed by atoms with E-state index < -0.39 is 11.7 Å². The SMILES string of the molecule is FC(F)(F)c1ccc(NNCl)c(Cl)c1. The normalized spacial score (nSPS) is 11.5. The zero-order valence-electron chi connectivity index (χ0n) is 6.62. The van der Waals surface area contributed by atoms with Gasteiger partial charge in [-0.1, -0.05) is 11.6 Å². The molecule has 0 fully saturated rings. The molecule has 0 saturated carbocycles. The molecule has 0 bridgehead atoms. The Labute approximate surface area is 88.1 Å². The predicted octanol–water partition coefficient (Wildman–Crippen LogP) is 3.43. The highest BCUT2D eigenvalue weighted by Gasteiger charge is 2.30. The van der Waals surface area contributed by atoms with Crippen molar-refractivity contribution in [2.24, 2.45) is 0 Å². The fourth-order valence-electron chi connectivity index (χ4n) is 0.844. The van der Waals surface area contributed by atoms with Crippen molar-refractivity contribution in [3.05, 3.63) is 28.8 Å². The molecule has 0 aliphatic carbocycles. The number of halogens is 5. The molecule has 0 aliphatic rings. The van der Waals surface area contributed by atoms with Crippen LogP contribution in [0, 0.1) is 0 Å². The third-order valence-electron chi connectivity index (χ3n) is 1.48. The Morgan fingerprint density at radius 2 is 1.86 bits per heavy atom. The quantitative estimate of drug-likeness (QED) is 0.616. The molecular weight excluding hydrogens is 240 g/mol. The van der Waals surface area contributed by atoms with Gasteiger partial charge in [0.05, 0.1) is 16.3 Å². The molecule has 0 aliphatic heterocycles. The van der Waals surface area contributed by atoms with Crippen LogP contribution in [0.2, 0.25) is 5.02 Å². The molecule has 0 saturated heterocycles. The van der Waals surface area contributed by atoms with Crippen LogP contribution in [0.3, 0.4) is 0 Å². The monoisotopic (exact) mass is 244 g/mol. The molecule has 0 spiro atoms. The van der Waals surface area contributed by atoms with Crippen LogP contribution in [0.1, 0.15) is 5.56 Å². The molecule has 14 heavy (non-hydrogen) atoms. The molecule has 2 nitrogen and oxygen atoms in total. The Kier molecular flexibility index (Phi) is 3.47. The van der Waals surface area contributed by atoms with Gasteiger partial charge in [0.25, 0.3) is 0 Å². The number of rotatable bonds is 2. The van der Waals surface area contributed by atoms with Crippen molar-refractivity contribution >= 4 is 29.1 Å². The molecule has 1 rings (SSSR count). The van der Waals surface area contributed by atoms with Crippen LogP contribution in [-0.2, 0) is 6.18 Å². The molecule has 0 radical (unpaired) electrons. The largest absolute Gasteiger partial charge is 0.416 e. The second kappa shape index (κ2) is 4.25. The molecule has 0 aromatic heterocycles. The molecular formula is C7H5Cl2F3N2. The molecule has 0 atom stereocenters. The average Bonchev–Trinajstić information content (AvgIpc) is 2.07. The first-order valence-electron chi connectivity index (χ1n) is 3.43. The van der Waals surface area contributed by atoms with E-state index in [1.54, 1.807) is 0 Å². The van der Waals surface area contributed by atoms with Crippen molar-refractivity contribution in [2.45, 2.75) is 6.18 Å². The summed E-state index contributed by atoms with van der Waals surface area (Å²) in [5.74, 6) is 0. The van der Waals surface area contributed by atoms with Crippen LogP contribution in [0.25, 0.3) is 0 Å². The third kappa shape index (κ3) is 2.67. The Hall–Kier alpha value is -0.650. The highest BCUT2D eigenvalue weighted by molar-refractivity contribution is 6.33. The van der Waals surface area contributed by atoms with E-state index in [1.165, 1.54) is 6.07 Å². The number of nitrogens with one attached hydrogen (secondary N) is 2. The number of anilines is 1. The maximum absolute atomic E-state index is 12.2. The molecule has 1 aromatic carbocycles. The maximum atomic E-state index is 12.2. The van der Waals surface area contributed by atoms with Gasteiger partial charge >= 0.3 is 6.18 Å². The van der Waals surface area contributed by atoms with Crippen LogP contribution in [0.15, 0.2) is 18.2 Å². The second-order valence-corrected chi connectivity index (χ2v) is 3.01. The van der Waals surface area contributed by atoms with Crippen LogP contribution >= 0.6 is 23.4 Å². The molecule has 78 valence electrons.